The van der Waals surface area contributed by atoms with Crippen LogP contribution < -0.4 is 21.5 Å². The Morgan fingerprint density at radius 2 is 1.67 bits per heavy atom. The maximum atomic E-state index is 13.0. The highest BCUT2D eigenvalue weighted by Gasteiger charge is 2.43. The number of unbranched alkanes of at least 4 members (excludes halogenated alkanes) is 1. The molecule has 0 unspecified atom stereocenters. The van der Waals surface area contributed by atoms with Crippen LogP contribution in [-0.2, 0) is 6.54 Å². The van der Waals surface area contributed by atoms with Crippen molar-refractivity contribution in [1.29, 1.82) is 0 Å². The summed E-state index contributed by atoms with van der Waals surface area (Å²) in [5.74, 6) is 0.906. The molecule has 0 amide bonds. The van der Waals surface area contributed by atoms with Crippen LogP contribution in [0.4, 0.5) is 0 Å². The van der Waals surface area contributed by atoms with Crippen molar-refractivity contribution in [2.75, 3.05) is 0 Å². The highest BCUT2D eigenvalue weighted by atomic mass is 79.9. The van der Waals surface area contributed by atoms with Crippen LogP contribution in [0.5, 0.6) is 0 Å². The number of carbonyl (C=O) groups excluding carboxylic acids is 2. The summed E-state index contributed by atoms with van der Waals surface area (Å²) in [6.07, 6.45) is 2.04. The molecule has 2 aromatic rings. The second-order valence-corrected chi connectivity index (χ2v) is 6.42. The molecular formula is C19H23BrN2O2. The lowest BCUT2D eigenvalue weighted by Gasteiger charge is -2.13. The molecule has 1 aromatic heterocycles. The number of aromatic nitrogens is 2. The minimum atomic E-state index is -0.0396. The number of carbonyl (C=O) groups is 2. The number of benzene rings is 1. The fourth-order valence-corrected chi connectivity index (χ4v) is 3.50. The van der Waals surface area contributed by atoms with Gasteiger partial charge in [0.15, 0.2) is 0 Å². The van der Waals surface area contributed by atoms with Crippen LogP contribution in [0.2, 0.25) is 0 Å². The molecule has 0 saturated heterocycles. The third-order valence-electron chi connectivity index (χ3n) is 4.57. The molecule has 1 heterocycles. The van der Waals surface area contributed by atoms with Crippen molar-refractivity contribution in [2.24, 2.45) is 0 Å². The van der Waals surface area contributed by atoms with E-state index in [1.165, 1.54) is 0 Å². The van der Waals surface area contributed by atoms with E-state index in [-0.39, 0.29) is 34.6 Å². The maximum absolute atomic E-state index is 13.0. The third-order valence-corrected chi connectivity index (χ3v) is 4.57. The van der Waals surface area contributed by atoms with Gasteiger partial charge < -0.3 is 17.0 Å². The summed E-state index contributed by atoms with van der Waals surface area (Å²) in [6.45, 7) is 9.00. The van der Waals surface area contributed by atoms with Crippen molar-refractivity contribution < 1.29 is 31.1 Å². The first kappa shape index (κ1) is 18.6. The number of nitrogens with zero attached hydrogens (tertiary/aromatic N) is 2. The van der Waals surface area contributed by atoms with Gasteiger partial charge in [0, 0.05) is 18.1 Å². The van der Waals surface area contributed by atoms with E-state index in [0.29, 0.717) is 22.5 Å². The first-order valence-electron chi connectivity index (χ1n) is 8.32. The predicted molar refractivity (Wildman–Crippen MR) is 88.0 cm³/mol. The average molecular weight is 391 g/mol. The number of hydrogen-bond acceptors (Lipinski definition) is 2. The molecule has 0 spiro atoms. The largest absolute Gasteiger partial charge is 1.00 e. The number of imidazole rings is 1. The quantitative estimate of drug-likeness (QED) is 0.599. The first-order valence-corrected chi connectivity index (χ1v) is 8.32. The Hall–Kier alpha value is -1.75. The fraction of sp³-hybridized carbons (Fsp3) is 0.421. The van der Waals surface area contributed by atoms with Gasteiger partial charge in [-0.05, 0) is 20.3 Å². The van der Waals surface area contributed by atoms with Crippen LogP contribution in [0, 0.1) is 6.92 Å². The molecule has 0 N–H and O–H groups in total. The molecule has 24 heavy (non-hydrogen) atoms. The van der Waals surface area contributed by atoms with Crippen LogP contribution >= 0.6 is 0 Å². The molecule has 128 valence electrons. The molecular weight excluding hydrogens is 368 g/mol. The van der Waals surface area contributed by atoms with Crippen molar-refractivity contribution >= 4 is 11.6 Å². The van der Waals surface area contributed by atoms with Crippen molar-refractivity contribution in [3.63, 3.8) is 0 Å². The van der Waals surface area contributed by atoms with Gasteiger partial charge in [-0.3, -0.25) is 9.59 Å². The zero-order valence-corrected chi connectivity index (χ0v) is 16.2. The molecule has 1 aliphatic carbocycles. The summed E-state index contributed by atoms with van der Waals surface area (Å²) in [5, 5.41) is 0. The van der Waals surface area contributed by atoms with Crippen LogP contribution in [0.15, 0.2) is 24.3 Å². The summed E-state index contributed by atoms with van der Waals surface area (Å²) < 4.78 is 4.05. The van der Waals surface area contributed by atoms with Crippen molar-refractivity contribution in [3.05, 3.63) is 52.6 Å². The number of rotatable bonds is 4. The van der Waals surface area contributed by atoms with E-state index in [1.54, 1.807) is 12.1 Å². The predicted octanol–water partition coefficient (Wildman–Crippen LogP) is 0.244. The Morgan fingerprint density at radius 3 is 2.21 bits per heavy atom. The Bertz CT molecular complexity index is 806. The van der Waals surface area contributed by atoms with Crippen molar-refractivity contribution in [1.82, 2.24) is 4.57 Å². The van der Waals surface area contributed by atoms with Gasteiger partial charge in [0.2, 0.25) is 23.0 Å². The normalized spacial score (nSPS) is 12.9. The Labute approximate surface area is 153 Å². The zero-order valence-electron chi connectivity index (χ0n) is 14.6. The standard InChI is InChI=1S/C19H23N2O2.BrH/c1-5-6-11-20-13(4)21(12(2)3)17-16(20)18(22)14-9-7-8-10-15(14)19(17)23;/h7-10,12H,5-6,11H2,1-4H3;1H/q+1;/p-1. The lowest BCUT2D eigenvalue weighted by Crippen LogP contribution is -3.00. The molecule has 5 heteroatoms. The SMILES string of the molecule is CCCC[n+]1c2c(n(C(C)C)c1C)C(=O)c1ccccc1C2=O.[Br-]. The van der Waals surface area contributed by atoms with E-state index in [9.17, 15) is 9.59 Å². The Kier molecular flexibility index (Phi) is 5.43. The molecule has 0 atom stereocenters. The summed E-state index contributed by atoms with van der Waals surface area (Å²) in [6, 6.07) is 7.27. The van der Waals surface area contributed by atoms with Gasteiger partial charge in [-0.1, -0.05) is 37.6 Å². The van der Waals surface area contributed by atoms with Gasteiger partial charge in [-0.15, -0.1) is 0 Å². The van der Waals surface area contributed by atoms with Crippen molar-refractivity contribution in [2.45, 2.75) is 53.1 Å². The summed E-state index contributed by atoms with van der Waals surface area (Å²) in [7, 11) is 0. The van der Waals surface area contributed by atoms with Crippen molar-refractivity contribution in [3.8, 4) is 0 Å². The molecule has 1 aromatic carbocycles. The molecule has 0 aliphatic heterocycles. The van der Waals surface area contributed by atoms with Crippen LogP contribution in [0.3, 0.4) is 0 Å². The second-order valence-electron chi connectivity index (χ2n) is 6.42. The highest BCUT2D eigenvalue weighted by molar-refractivity contribution is 6.26. The lowest BCUT2D eigenvalue weighted by molar-refractivity contribution is -0.704. The highest BCUT2D eigenvalue weighted by Crippen LogP contribution is 2.28. The minimum Gasteiger partial charge on any atom is -1.00 e. The number of halogens is 1. The zero-order chi connectivity index (χ0) is 16.7. The molecule has 0 bridgehead atoms. The lowest BCUT2D eigenvalue weighted by atomic mass is 9.89. The minimum absolute atomic E-state index is 0. The summed E-state index contributed by atoms with van der Waals surface area (Å²) >= 11 is 0. The van der Waals surface area contributed by atoms with Crippen LogP contribution in [-0.4, -0.2) is 16.1 Å². The first-order chi connectivity index (χ1) is 11.0. The molecule has 3 rings (SSSR count). The van der Waals surface area contributed by atoms with E-state index >= 15 is 0 Å². The van der Waals surface area contributed by atoms with Gasteiger partial charge >= 0.3 is 0 Å². The smallest absolute Gasteiger partial charge is 0.254 e. The average Bonchev–Trinajstić information content (AvgIpc) is 2.83. The fourth-order valence-electron chi connectivity index (χ4n) is 3.50. The topological polar surface area (TPSA) is 43.0 Å². The van der Waals surface area contributed by atoms with Gasteiger partial charge in [-0.25, -0.2) is 9.13 Å². The van der Waals surface area contributed by atoms with E-state index in [1.807, 2.05) is 28.2 Å². The van der Waals surface area contributed by atoms with E-state index in [0.717, 1.165) is 25.2 Å². The monoisotopic (exact) mass is 390 g/mol. The van der Waals surface area contributed by atoms with Crippen LogP contribution in [0.25, 0.3) is 0 Å². The Balaban J connectivity index is 0.00000208. The van der Waals surface area contributed by atoms with E-state index < -0.39 is 0 Å². The molecule has 0 radical (unpaired) electrons. The van der Waals surface area contributed by atoms with Gasteiger partial charge in [0.25, 0.3) is 5.82 Å². The molecule has 4 nitrogen and oxygen atoms in total. The third kappa shape index (κ3) is 2.65. The van der Waals surface area contributed by atoms with E-state index in [2.05, 4.69) is 20.8 Å². The van der Waals surface area contributed by atoms with Crippen LogP contribution in [0.1, 0.15) is 77.6 Å². The molecule has 0 saturated carbocycles. The molecule has 0 fully saturated rings. The second kappa shape index (κ2) is 7.01. The Morgan fingerprint density at radius 1 is 1.08 bits per heavy atom. The number of hydrogen-bond donors (Lipinski definition) is 0. The van der Waals surface area contributed by atoms with Gasteiger partial charge in [0.1, 0.15) is 0 Å². The number of ketones is 2. The molecule has 1 aliphatic rings. The summed E-state index contributed by atoms with van der Waals surface area (Å²) in [4.78, 5) is 26.1. The van der Waals surface area contributed by atoms with Gasteiger partial charge in [0.05, 0.1) is 12.6 Å². The van der Waals surface area contributed by atoms with Gasteiger partial charge in [-0.2, -0.15) is 0 Å². The number of fused-ring (bicyclic) bond motifs is 2. The maximum Gasteiger partial charge on any atom is 0.254 e. The summed E-state index contributed by atoms with van der Waals surface area (Å²) in [5.41, 5.74) is 2.16. The van der Waals surface area contributed by atoms with E-state index in [4.69, 9.17) is 0 Å².